The number of hydrogen-bond acceptors (Lipinski definition) is 8. The summed E-state index contributed by atoms with van der Waals surface area (Å²) >= 11 is 0. The fourth-order valence-corrected chi connectivity index (χ4v) is 3.13. The third-order valence-electron chi connectivity index (χ3n) is 4.62. The average molecular weight is 390 g/mol. The number of benzene rings is 2. The van der Waals surface area contributed by atoms with Crippen LogP contribution in [0.15, 0.2) is 54.7 Å². The van der Waals surface area contributed by atoms with Gasteiger partial charge in [0, 0.05) is 24.3 Å². The number of hydrogen-bond donors (Lipinski definition) is 2. The molecule has 1 fully saturated rings. The van der Waals surface area contributed by atoms with Crippen molar-refractivity contribution < 1.29 is 9.53 Å². The lowest BCUT2D eigenvalue weighted by Gasteiger charge is -2.30. The first-order valence-electron chi connectivity index (χ1n) is 9.45. The molecule has 8 heteroatoms. The van der Waals surface area contributed by atoms with Gasteiger partial charge >= 0.3 is 0 Å². The Labute approximate surface area is 168 Å². The zero-order valence-corrected chi connectivity index (χ0v) is 16.1. The SMILES string of the molecule is CC(=O)c1ccc(Nc2nncc(Nc3ccccc3N3CCOCC3)n2)cc1. The van der Waals surface area contributed by atoms with E-state index in [0.29, 0.717) is 17.3 Å². The van der Waals surface area contributed by atoms with Crippen molar-refractivity contribution in [3.8, 4) is 0 Å². The van der Waals surface area contributed by atoms with E-state index in [4.69, 9.17) is 4.74 Å². The van der Waals surface area contributed by atoms with Crippen LogP contribution in [0.5, 0.6) is 0 Å². The van der Waals surface area contributed by atoms with Gasteiger partial charge < -0.3 is 20.3 Å². The van der Waals surface area contributed by atoms with Crippen LogP contribution in [0.2, 0.25) is 0 Å². The summed E-state index contributed by atoms with van der Waals surface area (Å²) in [6.45, 7) is 4.69. The second-order valence-electron chi connectivity index (χ2n) is 6.67. The highest BCUT2D eigenvalue weighted by molar-refractivity contribution is 5.94. The molecule has 0 aliphatic carbocycles. The minimum absolute atomic E-state index is 0.0274. The number of Topliss-reactive ketones (excluding diaryl/α,β-unsaturated/α-hetero) is 1. The van der Waals surface area contributed by atoms with Gasteiger partial charge in [-0.05, 0) is 43.3 Å². The quantitative estimate of drug-likeness (QED) is 0.619. The molecule has 4 rings (SSSR count). The lowest BCUT2D eigenvalue weighted by molar-refractivity contribution is 0.101. The maximum atomic E-state index is 11.4. The van der Waals surface area contributed by atoms with E-state index in [0.717, 1.165) is 43.4 Å². The minimum atomic E-state index is 0.0274. The Kier molecular flexibility index (Phi) is 5.62. The maximum Gasteiger partial charge on any atom is 0.249 e. The molecule has 1 aromatic heterocycles. The Balaban J connectivity index is 1.50. The van der Waals surface area contributed by atoms with E-state index in [1.807, 2.05) is 30.3 Å². The molecule has 0 spiro atoms. The second kappa shape index (κ2) is 8.66. The zero-order chi connectivity index (χ0) is 20.1. The van der Waals surface area contributed by atoms with Crippen molar-refractivity contribution >= 4 is 34.6 Å². The standard InChI is InChI=1S/C21H22N6O2/c1-15(28)16-6-8-17(9-7-16)23-21-25-20(14-22-26-21)24-18-4-2-3-5-19(18)27-10-12-29-13-11-27/h2-9,14H,10-13H2,1H3,(H2,23,24,25,26). The highest BCUT2D eigenvalue weighted by Gasteiger charge is 2.15. The highest BCUT2D eigenvalue weighted by Crippen LogP contribution is 2.28. The first-order chi connectivity index (χ1) is 14.2. The summed E-state index contributed by atoms with van der Waals surface area (Å²) in [6, 6.07) is 15.3. The van der Waals surface area contributed by atoms with Gasteiger partial charge in [0.1, 0.15) is 0 Å². The van der Waals surface area contributed by atoms with Crippen LogP contribution in [0.3, 0.4) is 0 Å². The van der Waals surface area contributed by atoms with Crippen molar-refractivity contribution in [3.05, 3.63) is 60.3 Å². The van der Waals surface area contributed by atoms with Crippen molar-refractivity contribution in [2.24, 2.45) is 0 Å². The molecule has 1 aliphatic heterocycles. The summed E-state index contributed by atoms with van der Waals surface area (Å²) in [4.78, 5) is 18.2. The number of ketones is 1. The van der Waals surface area contributed by atoms with Gasteiger partial charge in [-0.3, -0.25) is 4.79 Å². The molecule has 1 aliphatic rings. The van der Waals surface area contributed by atoms with Gasteiger partial charge in [-0.25, -0.2) is 0 Å². The van der Waals surface area contributed by atoms with Gasteiger partial charge in [-0.2, -0.15) is 10.1 Å². The molecule has 2 heterocycles. The molecule has 2 N–H and O–H groups in total. The number of carbonyl (C=O) groups excluding carboxylic acids is 1. The van der Waals surface area contributed by atoms with Crippen molar-refractivity contribution in [1.82, 2.24) is 15.2 Å². The van der Waals surface area contributed by atoms with Crippen LogP contribution in [-0.4, -0.2) is 47.3 Å². The first kappa shape index (κ1) is 18.8. The van der Waals surface area contributed by atoms with Gasteiger partial charge in [-0.15, -0.1) is 5.10 Å². The van der Waals surface area contributed by atoms with E-state index >= 15 is 0 Å². The van der Waals surface area contributed by atoms with Gasteiger partial charge in [0.2, 0.25) is 5.95 Å². The predicted molar refractivity (Wildman–Crippen MR) is 112 cm³/mol. The molecule has 0 bridgehead atoms. The number of ether oxygens (including phenoxy) is 1. The third-order valence-corrected chi connectivity index (χ3v) is 4.62. The lowest BCUT2D eigenvalue weighted by Crippen LogP contribution is -2.36. The summed E-state index contributed by atoms with van der Waals surface area (Å²) in [5.41, 5.74) is 3.49. The molecule has 29 heavy (non-hydrogen) atoms. The molecular weight excluding hydrogens is 368 g/mol. The average Bonchev–Trinajstić information content (AvgIpc) is 2.75. The molecule has 0 unspecified atom stereocenters. The number of para-hydroxylation sites is 2. The lowest BCUT2D eigenvalue weighted by atomic mass is 10.1. The molecule has 8 nitrogen and oxygen atoms in total. The molecule has 0 amide bonds. The van der Waals surface area contributed by atoms with Crippen LogP contribution in [-0.2, 0) is 4.74 Å². The van der Waals surface area contributed by atoms with E-state index < -0.39 is 0 Å². The smallest absolute Gasteiger partial charge is 0.249 e. The fourth-order valence-electron chi connectivity index (χ4n) is 3.13. The summed E-state index contributed by atoms with van der Waals surface area (Å²) in [6.07, 6.45) is 1.58. The maximum absolute atomic E-state index is 11.4. The molecule has 3 aromatic rings. The first-order valence-corrected chi connectivity index (χ1v) is 9.45. The largest absolute Gasteiger partial charge is 0.378 e. The zero-order valence-electron chi connectivity index (χ0n) is 16.1. The van der Waals surface area contributed by atoms with Crippen molar-refractivity contribution in [1.29, 1.82) is 0 Å². The van der Waals surface area contributed by atoms with Crippen LogP contribution in [0.25, 0.3) is 0 Å². The van der Waals surface area contributed by atoms with Crippen LogP contribution in [0.4, 0.5) is 28.8 Å². The predicted octanol–water partition coefficient (Wildman–Crippen LogP) is 3.40. The normalized spacial score (nSPS) is 13.8. The van der Waals surface area contributed by atoms with Crippen LogP contribution in [0, 0.1) is 0 Å². The number of aromatic nitrogens is 3. The summed E-state index contributed by atoms with van der Waals surface area (Å²) in [7, 11) is 0. The highest BCUT2D eigenvalue weighted by atomic mass is 16.5. The van der Waals surface area contributed by atoms with E-state index in [9.17, 15) is 4.79 Å². The Morgan fingerprint density at radius 3 is 2.55 bits per heavy atom. The topological polar surface area (TPSA) is 92.3 Å². The van der Waals surface area contributed by atoms with Gasteiger partial charge in [-0.1, -0.05) is 12.1 Å². The Hall–Kier alpha value is -3.52. The third kappa shape index (κ3) is 4.67. The van der Waals surface area contributed by atoms with Crippen LogP contribution < -0.4 is 15.5 Å². The minimum Gasteiger partial charge on any atom is -0.378 e. The second-order valence-corrected chi connectivity index (χ2v) is 6.67. The van der Waals surface area contributed by atoms with E-state index in [1.165, 1.54) is 0 Å². The molecule has 0 radical (unpaired) electrons. The number of rotatable bonds is 6. The molecule has 2 aromatic carbocycles. The monoisotopic (exact) mass is 390 g/mol. The van der Waals surface area contributed by atoms with Crippen LogP contribution in [0.1, 0.15) is 17.3 Å². The fraction of sp³-hybridized carbons (Fsp3) is 0.238. The molecule has 148 valence electrons. The van der Waals surface area contributed by atoms with Gasteiger partial charge in [0.25, 0.3) is 0 Å². The number of nitrogens with one attached hydrogen (secondary N) is 2. The molecule has 0 atom stereocenters. The Morgan fingerprint density at radius 1 is 1.03 bits per heavy atom. The van der Waals surface area contributed by atoms with Crippen LogP contribution >= 0.6 is 0 Å². The van der Waals surface area contributed by atoms with Crippen molar-refractivity contribution in [2.45, 2.75) is 6.92 Å². The van der Waals surface area contributed by atoms with E-state index in [2.05, 4.69) is 36.8 Å². The van der Waals surface area contributed by atoms with Gasteiger partial charge in [0.05, 0.1) is 30.8 Å². The Morgan fingerprint density at radius 2 is 1.79 bits per heavy atom. The van der Waals surface area contributed by atoms with E-state index in [-0.39, 0.29) is 5.78 Å². The number of anilines is 5. The number of nitrogens with zero attached hydrogens (tertiary/aromatic N) is 4. The summed E-state index contributed by atoms with van der Waals surface area (Å²) in [5, 5.41) is 14.5. The molecular formula is C21H22N6O2. The molecule has 1 saturated heterocycles. The van der Waals surface area contributed by atoms with Crippen molar-refractivity contribution in [3.63, 3.8) is 0 Å². The van der Waals surface area contributed by atoms with E-state index in [1.54, 1.807) is 25.3 Å². The molecule has 0 saturated carbocycles. The number of carbonyl (C=O) groups is 1. The number of morpholine rings is 1. The van der Waals surface area contributed by atoms with Crippen molar-refractivity contribution in [2.75, 3.05) is 41.8 Å². The van der Waals surface area contributed by atoms with Gasteiger partial charge in [0.15, 0.2) is 11.6 Å². The summed E-state index contributed by atoms with van der Waals surface area (Å²) < 4.78 is 5.45. The Bertz CT molecular complexity index is 986. The summed E-state index contributed by atoms with van der Waals surface area (Å²) in [5.74, 6) is 0.984.